The zero-order valence-electron chi connectivity index (χ0n) is 47.0. The van der Waals surface area contributed by atoms with Gasteiger partial charge in [-0.15, -0.1) is 0 Å². The number of rotatable bonds is 57. The van der Waals surface area contributed by atoms with Gasteiger partial charge in [-0.2, -0.15) is 0 Å². The molecule has 0 radical (unpaired) electrons. The van der Waals surface area contributed by atoms with Crippen molar-refractivity contribution >= 4 is 13.7 Å². The van der Waals surface area contributed by atoms with Crippen molar-refractivity contribution < 1.29 is 32.9 Å². The average Bonchev–Trinajstić information content (AvgIpc) is 3.31. The van der Waals surface area contributed by atoms with Crippen molar-refractivity contribution in [3.05, 3.63) is 12.2 Å². The van der Waals surface area contributed by atoms with E-state index in [0.29, 0.717) is 17.4 Å². The van der Waals surface area contributed by atoms with Gasteiger partial charge in [-0.3, -0.25) is 9.36 Å². The van der Waals surface area contributed by atoms with Crippen LogP contribution < -0.4 is 10.2 Å². The second kappa shape index (κ2) is 52.1. The number of carbonyl (C=O) groups excluding carboxylic acids is 1. The van der Waals surface area contributed by atoms with E-state index in [2.05, 4.69) is 19.2 Å². The van der Waals surface area contributed by atoms with Gasteiger partial charge in [-0.25, -0.2) is 0 Å². The standard InChI is InChI=1S/C60H121N2O6P/c1-6-8-10-12-14-16-18-20-22-23-24-25-26-27-28-29-30-31-32-33-34-35-36-37-38-39-40-42-44-46-48-50-52-54-60(64)61-58(57-68-69(65,66)67-56-55-62(3,4)5)59(63)53-51-49-47-45-43-41-21-19-17-15-13-11-9-7-2/h51,53,58-59,63H,6-50,52,54-57H2,1-5H3,(H-,61,64,65,66)/b53-51+. The van der Waals surface area contributed by atoms with E-state index >= 15 is 0 Å². The van der Waals surface area contributed by atoms with Gasteiger partial charge in [0, 0.05) is 6.42 Å². The van der Waals surface area contributed by atoms with Crippen LogP contribution >= 0.6 is 7.82 Å². The van der Waals surface area contributed by atoms with Crippen molar-refractivity contribution in [3.63, 3.8) is 0 Å². The molecule has 0 rings (SSSR count). The Morgan fingerprint density at radius 2 is 0.783 bits per heavy atom. The highest BCUT2D eigenvalue weighted by atomic mass is 31.2. The first-order valence-corrected chi connectivity index (χ1v) is 32.0. The number of unbranched alkanes of at least 4 members (excludes halogenated alkanes) is 44. The molecule has 9 heteroatoms. The van der Waals surface area contributed by atoms with Gasteiger partial charge in [0.1, 0.15) is 13.2 Å². The third-order valence-electron chi connectivity index (χ3n) is 14.2. The molecule has 0 aromatic rings. The van der Waals surface area contributed by atoms with Crippen LogP contribution in [0.4, 0.5) is 0 Å². The molecule has 3 atom stereocenters. The lowest BCUT2D eigenvalue weighted by atomic mass is 10.0. The Kier molecular flexibility index (Phi) is 51.5. The van der Waals surface area contributed by atoms with E-state index in [1.165, 1.54) is 257 Å². The van der Waals surface area contributed by atoms with Crippen molar-refractivity contribution in [3.8, 4) is 0 Å². The smallest absolute Gasteiger partial charge is 0.268 e. The summed E-state index contributed by atoms with van der Waals surface area (Å²) in [6.07, 6.45) is 64.6. The van der Waals surface area contributed by atoms with E-state index in [0.717, 1.165) is 38.5 Å². The molecule has 0 bridgehead atoms. The van der Waals surface area contributed by atoms with Crippen LogP contribution in [0.5, 0.6) is 0 Å². The second-order valence-corrected chi connectivity index (χ2v) is 23.8. The molecule has 0 aromatic carbocycles. The third-order valence-corrected chi connectivity index (χ3v) is 15.2. The van der Waals surface area contributed by atoms with E-state index in [1.54, 1.807) is 6.08 Å². The van der Waals surface area contributed by atoms with Crippen molar-refractivity contribution in [1.29, 1.82) is 0 Å². The number of phosphoric acid groups is 1. The van der Waals surface area contributed by atoms with Crippen LogP contribution in [0.2, 0.25) is 0 Å². The number of aliphatic hydroxyl groups is 1. The summed E-state index contributed by atoms with van der Waals surface area (Å²) in [5, 5.41) is 13.9. The molecule has 69 heavy (non-hydrogen) atoms. The number of nitrogens with one attached hydrogen (secondary N) is 1. The fourth-order valence-electron chi connectivity index (χ4n) is 9.45. The number of hydrogen-bond donors (Lipinski definition) is 2. The average molecular weight is 998 g/mol. The van der Waals surface area contributed by atoms with Gasteiger partial charge in [0.2, 0.25) is 5.91 Å². The molecule has 0 aliphatic carbocycles. The lowest BCUT2D eigenvalue weighted by molar-refractivity contribution is -0.870. The maximum Gasteiger partial charge on any atom is 0.268 e. The number of carbonyl (C=O) groups is 1. The van der Waals surface area contributed by atoms with Crippen LogP contribution in [0.1, 0.15) is 316 Å². The summed E-state index contributed by atoms with van der Waals surface area (Å²) in [6, 6.07) is -0.881. The summed E-state index contributed by atoms with van der Waals surface area (Å²) in [4.78, 5) is 25.5. The molecule has 8 nitrogen and oxygen atoms in total. The molecule has 0 aliphatic heterocycles. The van der Waals surface area contributed by atoms with Gasteiger partial charge in [0.25, 0.3) is 7.82 Å². The maximum absolute atomic E-state index is 13.0. The Bertz CT molecular complexity index is 1130. The normalized spacial score (nSPS) is 13.9. The fourth-order valence-corrected chi connectivity index (χ4v) is 10.2. The van der Waals surface area contributed by atoms with Crippen LogP contribution in [0, 0.1) is 0 Å². The first-order chi connectivity index (χ1) is 33.5. The summed E-state index contributed by atoms with van der Waals surface area (Å²) in [7, 11) is 1.28. The number of aliphatic hydroxyl groups excluding tert-OH is 1. The summed E-state index contributed by atoms with van der Waals surface area (Å²) in [5.41, 5.74) is 0. The molecule has 0 heterocycles. The predicted molar refractivity (Wildman–Crippen MR) is 298 cm³/mol. The van der Waals surface area contributed by atoms with E-state index in [-0.39, 0.29) is 19.1 Å². The van der Waals surface area contributed by atoms with Crippen molar-refractivity contribution in [2.75, 3.05) is 40.9 Å². The highest BCUT2D eigenvalue weighted by Crippen LogP contribution is 2.38. The first kappa shape index (κ1) is 68.2. The summed E-state index contributed by atoms with van der Waals surface area (Å²) >= 11 is 0. The Balaban J connectivity index is 3.95. The lowest BCUT2D eigenvalue weighted by Crippen LogP contribution is -2.45. The predicted octanol–water partition coefficient (Wildman–Crippen LogP) is 18.0. The zero-order valence-corrected chi connectivity index (χ0v) is 47.9. The van der Waals surface area contributed by atoms with E-state index in [4.69, 9.17) is 9.05 Å². The van der Waals surface area contributed by atoms with E-state index < -0.39 is 20.0 Å². The van der Waals surface area contributed by atoms with Crippen LogP contribution in [-0.4, -0.2) is 68.5 Å². The van der Waals surface area contributed by atoms with Gasteiger partial charge >= 0.3 is 0 Å². The molecular formula is C60H121N2O6P. The number of allylic oxidation sites excluding steroid dienone is 1. The molecule has 0 spiro atoms. The van der Waals surface area contributed by atoms with Gasteiger partial charge < -0.3 is 28.8 Å². The van der Waals surface area contributed by atoms with Gasteiger partial charge in [0.15, 0.2) is 0 Å². The number of nitrogens with zero attached hydrogens (tertiary/aromatic N) is 1. The SMILES string of the molecule is CCCCCCCCCCCCCC/C=C/C(O)C(COP(=O)([O-])OCC[N+](C)(C)C)NC(=O)CCCCCCCCCCCCCCCCCCCCCCCCCCCCCCCCCCC. The minimum atomic E-state index is -4.59. The van der Waals surface area contributed by atoms with Gasteiger partial charge in [-0.1, -0.05) is 302 Å². The Hall–Kier alpha value is -0.760. The number of quaternary nitrogens is 1. The summed E-state index contributed by atoms with van der Waals surface area (Å²) in [5.74, 6) is -0.190. The molecule has 0 fully saturated rings. The van der Waals surface area contributed by atoms with Crippen molar-refractivity contribution in [2.45, 2.75) is 328 Å². The summed E-state index contributed by atoms with van der Waals surface area (Å²) < 4.78 is 23.3. The van der Waals surface area contributed by atoms with Gasteiger partial charge in [0.05, 0.1) is 39.9 Å². The molecular weight excluding hydrogens is 876 g/mol. The Labute approximate surface area is 431 Å². The van der Waals surface area contributed by atoms with E-state index in [1.807, 2.05) is 27.2 Å². The number of hydrogen-bond acceptors (Lipinski definition) is 6. The van der Waals surface area contributed by atoms with Crippen LogP contribution in [0.25, 0.3) is 0 Å². The fraction of sp³-hybridized carbons (Fsp3) is 0.950. The molecule has 1 amide bonds. The van der Waals surface area contributed by atoms with E-state index in [9.17, 15) is 19.4 Å². The molecule has 0 saturated carbocycles. The van der Waals surface area contributed by atoms with Gasteiger partial charge in [-0.05, 0) is 19.3 Å². The Morgan fingerprint density at radius 1 is 0.493 bits per heavy atom. The molecule has 0 saturated heterocycles. The maximum atomic E-state index is 13.0. The topological polar surface area (TPSA) is 108 Å². The monoisotopic (exact) mass is 997 g/mol. The largest absolute Gasteiger partial charge is 0.756 e. The molecule has 412 valence electrons. The molecule has 0 aliphatic rings. The highest BCUT2D eigenvalue weighted by Gasteiger charge is 2.23. The van der Waals surface area contributed by atoms with Crippen molar-refractivity contribution in [1.82, 2.24) is 5.32 Å². The van der Waals surface area contributed by atoms with Crippen LogP contribution in [0.3, 0.4) is 0 Å². The number of likely N-dealkylation sites (N-methyl/N-ethyl adjacent to an activating group) is 1. The quantitative estimate of drug-likeness (QED) is 0.0272. The second-order valence-electron chi connectivity index (χ2n) is 22.4. The molecule has 3 unspecified atom stereocenters. The van der Waals surface area contributed by atoms with Crippen molar-refractivity contribution in [2.24, 2.45) is 0 Å². The van der Waals surface area contributed by atoms with Crippen LogP contribution in [0.15, 0.2) is 12.2 Å². The number of phosphoric ester groups is 1. The highest BCUT2D eigenvalue weighted by molar-refractivity contribution is 7.45. The minimum absolute atomic E-state index is 0.00251. The number of amides is 1. The lowest BCUT2D eigenvalue weighted by Gasteiger charge is -2.29. The zero-order chi connectivity index (χ0) is 50.6. The minimum Gasteiger partial charge on any atom is -0.756 e. The molecule has 2 N–H and O–H groups in total. The Morgan fingerprint density at radius 3 is 1.09 bits per heavy atom. The van der Waals surface area contributed by atoms with Crippen LogP contribution in [-0.2, 0) is 18.4 Å². The summed E-state index contributed by atoms with van der Waals surface area (Å²) in [6.45, 7) is 4.69. The third kappa shape index (κ3) is 54.8. The molecule has 0 aromatic heterocycles. The first-order valence-electron chi connectivity index (χ1n) is 30.6.